The van der Waals surface area contributed by atoms with Crippen molar-refractivity contribution >= 4 is 27.3 Å². The zero-order valence-electron chi connectivity index (χ0n) is 6.93. The van der Waals surface area contributed by atoms with Crippen LogP contribution in [0.2, 0.25) is 0 Å². The fraction of sp³-hybridized carbons (Fsp3) is 0.556. The van der Waals surface area contributed by atoms with Gasteiger partial charge in [-0.3, -0.25) is 0 Å². The molecule has 1 atom stereocenters. The largest absolute Gasteiger partial charge is 0.149 e. The minimum atomic E-state index is 0.757. The molecule has 11 heavy (non-hydrogen) atoms. The minimum absolute atomic E-state index is 0.757. The summed E-state index contributed by atoms with van der Waals surface area (Å²) in [6, 6.07) is 2.20. The minimum Gasteiger partial charge on any atom is -0.149 e. The van der Waals surface area contributed by atoms with Crippen LogP contribution < -0.4 is 0 Å². The Labute approximate surface area is 80.8 Å². The van der Waals surface area contributed by atoms with E-state index in [4.69, 9.17) is 0 Å². The van der Waals surface area contributed by atoms with Gasteiger partial charge in [-0.25, -0.2) is 0 Å². The Hall–Kier alpha value is 0.180. The fourth-order valence-electron chi connectivity index (χ4n) is 0.984. The van der Waals surface area contributed by atoms with Crippen molar-refractivity contribution in [1.29, 1.82) is 0 Å². The molecule has 1 heterocycles. The first-order valence-corrected chi connectivity index (χ1v) is 5.83. The van der Waals surface area contributed by atoms with Gasteiger partial charge in [-0.2, -0.15) is 0 Å². The molecule has 0 bridgehead atoms. The van der Waals surface area contributed by atoms with E-state index >= 15 is 0 Å². The van der Waals surface area contributed by atoms with Gasteiger partial charge >= 0.3 is 0 Å². The molecular weight excluding hydrogens is 220 g/mol. The van der Waals surface area contributed by atoms with Crippen molar-refractivity contribution in [1.82, 2.24) is 0 Å². The lowest BCUT2D eigenvalue weighted by molar-refractivity contribution is 0.668. The van der Waals surface area contributed by atoms with Gasteiger partial charge in [0, 0.05) is 10.2 Å². The van der Waals surface area contributed by atoms with Gasteiger partial charge in [-0.15, -0.1) is 11.3 Å². The summed E-state index contributed by atoms with van der Waals surface area (Å²) in [5, 5.41) is 3.27. The normalized spacial score (nSPS) is 13.4. The summed E-state index contributed by atoms with van der Waals surface area (Å²) in [7, 11) is 0. The summed E-state index contributed by atoms with van der Waals surface area (Å²) in [6.07, 6.45) is 1.22. The van der Waals surface area contributed by atoms with E-state index in [2.05, 4.69) is 41.2 Å². The Kier molecular flexibility index (Phi) is 3.60. The van der Waals surface area contributed by atoms with Crippen molar-refractivity contribution in [3.63, 3.8) is 0 Å². The lowest BCUT2D eigenvalue weighted by Gasteiger charge is -2.05. The van der Waals surface area contributed by atoms with E-state index in [9.17, 15) is 0 Å². The molecule has 0 aliphatic heterocycles. The molecule has 1 rings (SSSR count). The Morgan fingerprint density at radius 1 is 1.64 bits per heavy atom. The van der Waals surface area contributed by atoms with Crippen LogP contribution in [0.5, 0.6) is 0 Å². The van der Waals surface area contributed by atoms with Gasteiger partial charge in [0.05, 0.1) is 0 Å². The molecule has 0 fully saturated rings. The molecule has 0 aromatic carbocycles. The summed E-state index contributed by atoms with van der Waals surface area (Å²) >= 11 is 5.36. The standard InChI is InChI=1S/C9H13BrS/c1-7(6-10)5-9-8(2)3-4-11-9/h3-4,7H,5-6H2,1-2H3. The molecule has 0 nitrogen and oxygen atoms in total. The molecule has 0 saturated heterocycles. The van der Waals surface area contributed by atoms with Crippen molar-refractivity contribution in [3.05, 3.63) is 21.9 Å². The van der Waals surface area contributed by atoms with Gasteiger partial charge in [0.1, 0.15) is 0 Å². The Bertz CT molecular complexity index is 217. The van der Waals surface area contributed by atoms with Crippen LogP contribution in [0.3, 0.4) is 0 Å². The summed E-state index contributed by atoms with van der Waals surface area (Å²) < 4.78 is 0. The van der Waals surface area contributed by atoms with E-state index in [1.807, 2.05) is 11.3 Å². The average Bonchev–Trinajstić information content (AvgIpc) is 2.37. The molecule has 0 aliphatic rings. The highest BCUT2D eigenvalue weighted by atomic mass is 79.9. The van der Waals surface area contributed by atoms with E-state index in [0.29, 0.717) is 0 Å². The van der Waals surface area contributed by atoms with Gasteiger partial charge in [-0.1, -0.05) is 22.9 Å². The number of alkyl halides is 1. The number of hydrogen-bond acceptors (Lipinski definition) is 1. The number of thiophene rings is 1. The molecule has 2 heteroatoms. The molecule has 0 aliphatic carbocycles. The van der Waals surface area contributed by atoms with E-state index in [1.165, 1.54) is 16.9 Å². The molecule has 1 unspecified atom stereocenters. The molecule has 0 radical (unpaired) electrons. The number of halogens is 1. The highest BCUT2D eigenvalue weighted by Crippen LogP contribution is 2.20. The average molecular weight is 233 g/mol. The predicted octanol–water partition coefficient (Wildman–Crippen LogP) is 3.63. The van der Waals surface area contributed by atoms with Crippen LogP contribution in [0.1, 0.15) is 17.4 Å². The Morgan fingerprint density at radius 3 is 2.82 bits per heavy atom. The molecule has 1 aromatic heterocycles. The molecule has 0 amide bonds. The van der Waals surface area contributed by atoms with E-state index < -0.39 is 0 Å². The summed E-state index contributed by atoms with van der Waals surface area (Å²) in [4.78, 5) is 1.54. The molecule has 0 saturated carbocycles. The maximum atomic E-state index is 3.49. The lowest BCUT2D eigenvalue weighted by atomic mass is 10.1. The number of rotatable bonds is 3. The van der Waals surface area contributed by atoms with E-state index in [1.54, 1.807) is 0 Å². The van der Waals surface area contributed by atoms with Crippen LogP contribution in [0.4, 0.5) is 0 Å². The third kappa shape index (κ3) is 2.60. The zero-order chi connectivity index (χ0) is 8.27. The van der Waals surface area contributed by atoms with Crippen LogP contribution >= 0.6 is 27.3 Å². The highest BCUT2D eigenvalue weighted by molar-refractivity contribution is 9.09. The molecule has 0 N–H and O–H groups in total. The van der Waals surface area contributed by atoms with Crippen LogP contribution in [0, 0.1) is 12.8 Å². The first-order chi connectivity index (χ1) is 5.24. The fourth-order valence-corrected chi connectivity index (χ4v) is 2.28. The van der Waals surface area contributed by atoms with Crippen LogP contribution in [-0.4, -0.2) is 5.33 Å². The van der Waals surface area contributed by atoms with Crippen molar-refractivity contribution in [3.8, 4) is 0 Å². The van der Waals surface area contributed by atoms with Crippen molar-refractivity contribution in [2.75, 3.05) is 5.33 Å². The quantitative estimate of drug-likeness (QED) is 0.699. The highest BCUT2D eigenvalue weighted by Gasteiger charge is 2.04. The van der Waals surface area contributed by atoms with E-state index in [-0.39, 0.29) is 0 Å². The van der Waals surface area contributed by atoms with Crippen LogP contribution in [-0.2, 0) is 6.42 Å². The van der Waals surface area contributed by atoms with Crippen LogP contribution in [0.15, 0.2) is 11.4 Å². The van der Waals surface area contributed by atoms with Crippen molar-refractivity contribution < 1.29 is 0 Å². The monoisotopic (exact) mass is 232 g/mol. The van der Waals surface area contributed by atoms with Crippen LogP contribution in [0.25, 0.3) is 0 Å². The first kappa shape index (κ1) is 9.27. The van der Waals surface area contributed by atoms with Gasteiger partial charge in [0.2, 0.25) is 0 Å². The second-order valence-electron chi connectivity index (χ2n) is 2.99. The van der Waals surface area contributed by atoms with Gasteiger partial charge in [0.15, 0.2) is 0 Å². The van der Waals surface area contributed by atoms with Gasteiger partial charge < -0.3 is 0 Å². The maximum Gasteiger partial charge on any atom is 0.00773 e. The zero-order valence-corrected chi connectivity index (χ0v) is 9.33. The second-order valence-corrected chi connectivity index (χ2v) is 4.64. The predicted molar refractivity (Wildman–Crippen MR) is 55.7 cm³/mol. The molecule has 62 valence electrons. The number of aryl methyl sites for hydroxylation is 1. The number of hydrogen-bond donors (Lipinski definition) is 0. The Morgan fingerprint density at radius 2 is 2.36 bits per heavy atom. The SMILES string of the molecule is Cc1ccsc1CC(C)CBr. The molecule has 0 spiro atoms. The molecule has 1 aromatic rings. The third-order valence-corrected chi connectivity index (χ3v) is 3.92. The third-order valence-electron chi connectivity index (χ3n) is 1.77. The van der Waals surface area contributed by atoms with Gasteiger partial charge in [0.25, 0.3) is 0 Å². The summed E-state index contributed by atoms with van der Waals surface area (Å²) in [5.41, 5.74) is 1.45. The van der Waals surface area contributed by atoms with Gasteiger partial charge in [-0.05, 0) is 36.3 Å². The van der Waals surface area contributed by atoms with Crippen molar-refractivity contribution in [2.45, 2.75) is 20.3 Å². The van der Waals surface area contributed by atoms with E-state index in [0.717, 1.165) is 11.2 Å². The second kappa shape index (κ2) is 4.27. The summed E-state index contributed by atoms with van der Waals surface area (Å²) in [5.74, 6) is 0.757. The molecular formula is C9H13BrS. The summed E-state index contributed by atoms with van der Waals surface area (Å²) in [6.45, 7) is 4.46. The maximum absolute atomic E-state index is 3.49. The van der Waals surface area contributed by atoms with Crippen molar-refractivity contribution in [2.24, 2.45) is 5.92 Å². The smallest absolute Gasteiger partial charge is 0.00773 e. The Balaban J connectivity index is 2.56. The first-order valence-electron chi connectivity index (χ1n) is 3.83. The lowest BCUT2D eigenvalue weighted by Crippen LogP contribution is -1.99. The topological polar surface area (TPSA) is 0 Å².